The molecule has 11 heteroatoms. The summed E-state index contributed by atoms with van der Waals surface area (Å²) in [7, 11) is 2.70. The SMILES string of the molecule is COc1ccc(/C=N/NC(=O)CNC(=O)c2ccc3c(c2)OCO3)c(C(=O)O)c1OC. The fourth-order valence-corrected chi connectivity index (χ4v) is 2.78. The van der Waals surface area contributed by atoms with Crippen molar-refractivity contribution in [2.75, 3.05) is 27.6 Å². The third kappa shape index (κ3) is 4.83. The first-order chi connectivity index (χ1) is 14.9. The van der Waals surface area contributed by atoms with E-state index in [1.165, 1.54) is 32.4 Å². The van der Waals surface area contributed by atoms with E-state index in [2.05, 4.69) is 15.8 Å². The van der Waals surface area contributed by atoms with Gasteiger partial charge in [-0.1, -0.05) is 0 Å². The van der Waals surface area contributed by atoms with Crippen LogP contribution in [0.15, 0.2) is 35.4 Å². The van der Waals surface area contributed by atoms with Gasteiger partial charge in [0, 0.05) is 11.1 Å². The standard InChI is InChI=1S/C20H19N3O8/c1-28-14-6-4-12(17(20(26)27)18(14)29-2)8-22-23-16(24)9-21-19(25)11-3-5-13-15(7-11)31-10-30-13/h3-8H,9-10H2,1-2H3,(H,21,25)(H,23,24)(H,26,27)/b22-8+. The van der Waals surface area contributed by atoms with Crippen LogP contribution in [0.3, 0.4) is 0 Å². The van der Waals surface area contributed by atoms with Gasteiger partial charge in [-0.2, -0.15) is 5.10 Å². The summed E-state index contributed by atoms with van der Waals surface area (Å²) < 4.78 is 20.6. The average molecular weight is 429 g/mol. The Kier molecular flexibility index (Phi) is 6.55. The summed E-state index contributed by atoms with van der Waals surface area (Å²) in [5, 5.41) is 15.7. The van der Waals surface area contributed by atoms with E-state index >= 15 is 0 Å². The monoisotopic (exact) mass is 429 g/mol. The van der Waals surface area contributed by atoms with Crippen molar-refractivity contribution in [1.29, 1.82) is 0 Å². The van der Waals surface area contributed by atoms with Gasteiger partial charge in [0.15, 0.2) is 23.0 Å². The number of nitrogens with zero attached hydrogens (tertiary/aromatic N) is 1. The third-order valence-electron chi connectivity index (χ3n) is 4.23. The van der Waals surface area contributed by atoms with Crippen LogP contribution in [0.2, 0.25) is 0 Å². The minimum atomic E-state index is -1.25. The molecule has 3 rings (SSSR count). The molecule has 0 saturated heterocycles. The van der Waals surface area contributed by atoms with E-state index in [9.17, 15) is 19.5 Å². The zero-order valence-electron chi connectivity index (χ0n) is 16.6. The number of methoxy groups -OCH3 is 2. The first-order valence-corrected chi connectivity index (χ1v) is 8.92. The van der Waals surface area contributed by atoms with Crippen molar-refractivity contribution in [3.63, 3.8) is 0 Å². The minimum absolute atomic E-state index is 0.0289. The van der Waals surface area contributed by atoms with Crippen molar-refractivity contribution in [3.8, 4) is 23.0 Å². The molecule has 1 aliphatic rings. The van der Waals surface area contributed by atoms with Crippen LogP contribution in [0.4, 0.5) is 0 Å². The molecule has 1 heterocycles. The molecular weight excluding hydrogens is 410 g/mol. The molecular formula is C20H19N3O8. The van der Waals surface area contributed by atoms with Crippen molar-refractivity contribution in [2.24, 2.45) is 5.10 Å². The van der Waals surface area contributed by atoms with Crippen molar-refractivity contribution in [1.82, 2.24) is 10.7 Å². The molecule has 0 bridgehead atoms. The van der Waals surface area contributed by atoms with Gasteiger partial charge < -0.3 is 29.4 Å². The third-order valence-corrected chi connectivity index (χ3v) is 4.23. The first kappa shape index (κ1) is 21.4. The molecule has 2 amide bonds. The van der Waals surface area contributed by atoms with Crippen LogP contribution in [-0.4, -0.2) is 56.7 Å². The molecule has 11 nitrogen and oxygen atoms in total. The number of carboxylic acid groups (broad SMARTS) is 1. The number of ether oxygens (including phenoxy) is 4. The lowest BCUT2D eigenvalue weighted by Crippen LogP contribution is -2.34. The van der Waals surface area contributed by atoms with Crippen LogP contribution in [-0.2, 0) is 4.79 Å². The van der Waals surface area contributed by atoms with Crippen LogP contribution in [0.5, 0.6) is 23.0 Å². The second kappa shape index (κ2) is 9.48. The lowest BCUT2D eigenvalue weighted by Gasteiger charge is -2.12. The van der Waals surface area contributed by atoms with Gasteiger partial charge in [-0.15, -0.1) is 0 Å². The van der Waals surface area contributed by atoms with Crippen LogP contribution in [0.1, 0.15) is 26.3 Å². The largest absolute Gasteiger partial charge is 0.493 e. The molecule has 2 aromatic carbocycles. The number of hydrazone groups is 1. The number of hydrogen-bond donors (Lipinski definition) is 3. The normalized spacial score (nSPS) is 11.8. The molecule has 0 saturated carbocycles. The van der Waals surface area contributed by atoms with Crippen LogP contribution in [0, 0.1) is 0 Å². The van der Waals surface area contributed by atoms with Gasteiger partial charge in [0.1, 0.15) is 5.56 Å². The Morgan fingerprint density at radius 1 is 1.13 bits per heavy atom. The van der Waals surface area contributed by atoms with Gasteiger partial charge in [0.05, 0.1) is 27.0 Å². The highest BCUT2D eigenvalue weighted by molar-refractivity contribution is 6.02. The van der Waals surface area contributed by atoms with E-state index in [4.69, 9.17) is 18.9 Å². The number of carbonyl (C=O) groups is 3. The Hall–Kier alpha value is -4.28. The van der Waals surface area contributed by atoms with Crippen LogP contribution in [0.25, 0.3) is 0 Å². The molecule has 31 heavy (non-hydrogen) atoms. The second-order valence-electron chi connectivity index (χ2n) is 6.11. The Morgan fingerprint density at radius 2 is 1.90 bits per heavy atom. The molecule has 0 aliphatic carbocycles. The molecule has 0 spiro atoms. The summed E-state index contributed by atoms with van der Waals surface area (Å²) in [6.45, 7) is -0.257. The van der Waals surface area contributed by atoms with Crippen molar-refractivity contribution >= 4 is 24.0 Å². The fourth-order valence-electron chi connectivity index (χ4n) is 2.78. The average Bonchev–Trinajstić information content (AvgIpc) is 3.24. The molecule has 162 valence electrons. The lowest BCUT2D eigenvalue weighted by atomic mass is 10.1. The highest BCUT2D eigenvalue weighted by atomic mass is 16.7. The molecule has 0 aromatic heterocycles. The van der Waals surface area contributed by atoms with E-state index in [1.54, 1.807) is 12.1 Å². The maximum Gasteiger partial charge on any atom is 0.340 e. The molecule has 3 N–H and O–H groups in total. The lowest BCUT2D eigenvalue weighted by molar-refractivity contribution is -0.120. The van der Waals surface area contributed by atoms with Crippen molar-refractivity contribution < 1.29 is 38.4 Å². The van der Waals surface area contributed by atoms with Crippen molar-refractivity contribution in [3.05, 3.63) is 47.0 Å². The van der Waals surface area contributed by atoms with Gasteiger partial charge in [0.25, 0.3) is 11.8 Å². The van der Waals surface area contributed by atoms with E-state index in [0.29, 0.717) is 17.1 Å². The number of amides is 2. The van der Waals surface area contributed by atoms with Gasteiger partial charge in [0.2, 0.25) is 6.79 Å². The second-order valence-corrected chi connectivity index (χ2v) is 6.11. The summed E-state index contributed by atoms with van der Waals surface area (Å²) in [6, 6.07) is 7.63. The van der Waals surface area contributed by atoms with Gasteiger partial charge in [-0.05, 0) is 30.3 Å². The Bertz CT molecular complexity index is 1050. The highest BCUT2D eigenvalue weighted by Gasteiger charge is 2.20. The van der Waals surface area contributed by atoms with Gasteiger partial charge >= 0.3 is 5.97 Å². The fraction of sp³-hybridized carbons (Fsp3) is 0.200. The molecule has 0 atom stereocenters. The van der Waals surface area contributed by atoms with Crippen LogP contribution >= 0.6 is 0 Å². The summed E-state index contributed by atoms with van der Waals surface area (Å²) in [6.07, 6.45) is 1.16. The number of benzene rings is 2. The number of fused-ring (bicyclic) bond motifs is 1. The molecule has 2 aromatic rings. The number of carboxylic acids is 1. The number of rotatable bonds is 8. The van der Waals surface area contributed by atoms with E-state index in [-0.39, 0.29) is 36.0 Å². The van der Waals surface area contributed by atoms with E-state index in [1.807, 2.05) is 0 Å². The Morgan fingerprint density at radius 3 is 2.61 bits per heavy atom. The number of nitrogens with one attached hydrogen (secondary N) is 2. The van der Waals surface area contributed by atoms with Gasteiger partial charge in [-0.25, -0.2) is 10.2 Å². The Labute approximate surface area is 176 Å². The summed E-state index contributed by atoms with van der Waals surface area (Å²) >= 11 is 0. The topological polar surface area (TPSA) is 145 Å². The predicted molar refractivity (Wildman–Crippen MR) is 107 cm³/mol. The Balaban J connectivity index is 1.59. The number of carbonyl (C=O) groups excluding carboxylic acids is 2. The summed E-state index contributed by atoms with van der Waals surface area (Å²) in [5.41, 5.74) is 2.54. The molecule has 0 radical (unpaired) electrons. The summed E-state index contributed by atoms with van der Waals surface area (Å²) in [5.74, 6) is -1.08. The molecule has 0 unspecified atom stereocenters. The van der Waals surface area contributed by atoms with E-state index in [0.717, 1.165) is 6.21 Å². The number of aromatic carboxylic acids is 1. The minimum Gasteiger partial charge on any atom is -0.493 e. The quantitative estimate of drug-likeness (QED) is 0.416. The maximum atomic E-state index is 12.2. The first-order valence-electron chi connectivity index (χ1n) is 8.92. The maximum absolute atomic E-state index is 12.2. The van der Waals surface area contributed by atoms with Crippen molar-refractivity contribution in [2.45, 2.75) is 0 Å². The molecule has 1 aliphatic heterocycles. The summed E-state index contributed by atoms with van der Waals surface area (Å²) in [4.78, 5) is 35.7. The number of hydrogen-bond acceptors (Lipinski definition) is 8. The van der Waals surface area contributed by atoms with Crippen LogP contribution < -0.4 is 29.7 Å². The van der Waals surface area contributed by atoms with Gasteiger partial charge in [-0.3, -0.25) is 9.59 Å². The van der Waals surface area contributed by atoms with E-state index < -0.39 is 17.8 Å². The zero-order chi connectivity index (χ0) is 22.4. The molecule has 0 fully saturated rings. The predicted octanol–water partition coefficient (Wildman–Crippen LogP) is 1.01. The zero-order valence-corrected chi connectivity index (χ0v) is 16.6. The highest BCUT2D eigenvalue weighted by Crippen LogP contribution is 2.33. The smallest absolute Gasteiger partial charge is 0.340 e.